The maximum Gasteiger partial charge on any atom is 0.243 e. The minimum atomic E-state index is -3.42. The first-order valence-electron chi connectivity index (χ1n) is 6.47. The predicted octanol–water partition coefficient (Wildman–Crippen LogP) is 1.49. The number of benzene rings is 1. The molecule has 114 valence electrons. The molecule has 0 bridgehead atoms. The van der Waals surface area contributed by atoms with Gasteiger partial charge in [-0.15, -0.1) is 12.4 Å². The van der Waals surface area contributed by atoms with Crippen molar-refractivity contribution in [2.24, 2.45) is 0 Å². The van der Waals surface area contributed by atoms with Crippen molar-refractivity contribution in [3.63, 3.8) is 0 Å². The minimum absolute atomic E-state index is 0. The highest BCUT2D eigenvalue weighted by Gasteiger charge is 2.29. The Balaban J connectivity index is 0.00000200. The average Bonchev–Trinajstić information content (AvgIpc) is 2.92. The Kier molecular flexibility index (Phi) is 6.26. The van der Waals surface area contributed by atoms with Gasteiger partial charge in [0, 0.05) is 19.6 Å². The van der Waals surface area contributed by atoms with Crippen LogP contribution in [0.4, 0.5) is 0 Å². The van der Waals surface area contributed by atoms with Gasteiger partial charge in [0.05, 0.1) is 11.5 Å². The first kappa shape index (κ1) is 17.2. The van der Waals surface area contributed by atoms with Crippen LogP contribution in [0.3, 0.4) is 0 Å². The lowest BCUT2D eigenvalue weighted by atomic mass is 10.3. The van der Waals surface area contributed by atoms with E-state index in [9.17, 15) is 8.42 Å². The lowest BCUT2D eigenvalue weighted by Crippen LogP contribution is -2.38. The van der Waals surface area contributed by atoms with E-state index in [4.69, 9.17) is 4.74 Å². The number of hydrogen-bond donors (Lipinski definition) is 1. The van der Waals surface area contributed by atoms with Crippen molar-refractivity contribution in [1.82, 2.24) is 9.62 Å². The van der Waals surface area contributed by atoms with Crippen LogP contribution in [0.15, 0.2) is 29.2 Å². The Morgan fingerprint density at radius 1 is 1.35 bits per heavy atom. The molecule has 0 radical (unpaired) electrons. The van der Waals surface area contributed by atoms with E-state index in [2.05, 4.69) is 5.32 Å². The van der Waals surface area contributed by atoms with Crippen LogP contribution in [0.5, 0.6) is 5.75 Å². The average molecular weight is 321 g/mol. The summed E-state index contributed by atoms with van der Waals surface area (Å²) >= 11 is 0. The van der Waals surface area contributed by atoms with Gasteiger partial charge in [-0.25, -0.2) is 8.42 Å². The quantitative estimate of drug-likeness (QED) is 0.893. The smallest absolute Gasteiger partial charge is 0.243 e. The molecular formula is C13H21ClN2O3S. The number of rotatable bonds is 5. The Hall–Kier alpha value is -0.820. The molecular weight excluding hydrogens is 300 g/mol. The van der Waals surface area contributed by atoms with E-state index in [0.29, 0.717) is 23.8 Å². The third kappa shape index (κ3) is 3.63. The number of hydrogen-bond acceptors (Lipinski definition) is 4. The fourth-order valence-corrected chi connectivity index (χ4v) is 3.57. The molecule has 0 spiro atoms. The van der Waals surface area contributed by atoms with Gasteiger partial charge in [0.15, 0.2) is 0 Å². The molecule has 0 aromatic heterocycles. The third-order valence-electron chi connectivity index (χ3n) is 3.36. The zero-order chi connectivity index (χ0) is 13.9. The topological polar surface area (TPSA) is 58.6 Å². The Bertz CT molecular complexity index is 513. The van der Waals surface area contributed by atoms with Crippen LogP contribution in [0, 0.1) is 0 Å². The zero-order valence-corrected chi connectivity index (χ0v) is 13.3. The summed E-state index contributed by atoms with van der Waals surface area (Å²) in [5.41, 5.74) is 0. The Labute approximate surface area is 126 Å². The van der Waals surface area contributed by atoms with Gasteiger partial charge in [0.25, 0.3) is 0 Å². The van der Waals surface area contributed by atoms with E-state index in [1.165, 1.54) is 4.31 Å². The minimum Gasteiger partial charge on any atom is -0.494 e. The van der Waals surface area contributed by atoms with E-state index in [1.807, 2.05) is 6.92 Å². The lowest BCUT2D eigenvalue weighted by molar-refractivity contribution is 0.340. The molecule has 1 atom stereocenters. The van der Waals surface area contributed by atoms with Gasteiger partial charge in [0.2, 0.25) is 10.0 Å². The Morgan fingerprint density at radius 2 is 2.00 bits per heavy atom. The van der Waals surface area contributed by atoms with Gasteiger partial charge < -0.3 is 10.1 Å². The number of nitrogens with one attached hydrogen (secondary N) is 1. The largest absolute Gasteiger partial charge is 0.494 e. The van der Waals surface area contributed by atoms with Crippen LogP contribution >= 0.6 is 12.4 Å². The molecule has 1 unspecified atom stereocenters. The van der Waals surface area contributed by atoms with Crippen LogP contribution in [-0.2, 0) is 10.0 Å². The highest BCUT2D eigenvalue weighted by atomic mass is 35.5. The monoisotopic (exact) mass is 320 g/mol. The fraction of sp³-hybridized carbons (Fsp3) is 0.538. The second-order valence-corrected chi connectivity index (χ2v) is 6.57. The van der Waals surface area contributed by atoms with E-state index in [1.54, 1.807) is 31.3 Å². The van der Waals surface area contributed by atoms with E-state index in [0.717, 1.165) is 13.0 Å². The van der Waals surface area contributed by atoms with E-state index in [-0.39, 0.29) is 18.4 Å². The highest BCUT2D eigenvalue weighted by molar-refractivity contribution is 7.89. The van der Waals surface area contributed by atoms with E-state index >= 15 is 0 Å². The third-order valence-corrected chi connectivity index (χ3v) is 5.28. The van der Waals surface area contributed by atoms with Crippen molar-refractivity contribution in [3.8, 4) is 5.75 Å². The summed E-state index contributed by atoms with van der Waals surface area (Å²) in [5.74, 6) is 0.687. The molecule has 1 aliphatic heterocycles. The van der Waals surface area contributed by atoms with Crippen molar-refractivity contribution in [1.29, 1.82) is 0 Å². The standard InChI is InChI=1S/C13H20N2O3S.ClH/c1-3-18-12-4-6-13(7-5-12)19(16,17)15(2)11-8-9-14-10-11;/h4-7,11,14H,3,8-10H2,1-2H3;1H. The van der Waals surface area contributed by atoms with Crippen LogP contribution in [0.2, 0.25) is 0 Å². The molecule has 0 amide bonds. The van der Waals surface area contributed by atoms with E-state index < -0.39 is 10.0 Å². The summed E-state index contributed by atoms with van der Waals surface area (Å²) in [6, 6.07) is 6.61. The van der Waals surface area contributed by atoms with Crippen LogP contribution < -0.4 is 10.1 Å². The number of halogens is 1. The molecule has 2 rings (SSSR count). The van der Waals surface area contributed by atoms with Gasteiger partial charge in [-0.1, -0.05) is 0 Å². The van der Waals surface area contributed by atoms with Crippen molar-refractivity contribution in [2.75, 3.05) is 26.7 Å². The number of sulfonamides is 1. The van der Waals surface area contributed by atoms with Crippen LogP contribution in [-0.4, -0.2) is 45.5 Å². The van der Waals surface area contributed by atoms with Gasteiger partial charge in [-0.2, -0.15) is 4.31 Å². The maximum absolute atomic E-state index is 12.4. The van der Waals surface area contributed by atoms with Crippen LogP contribution in [0.1, 0.15) is 13.3 Å². The van der Waals surface area contributed by atoms with Gasteiger partial charge in [-0.05, 0) is 44.2 Å². The maximum atomic E-state index is 12.4. The van der Waals surface area contributed by atoms with Crippen molar-refractivity contribution in [3.05, 3.63) is 24.3 Å². The van der Waals surface area contributed by atoms with Gasteiger partial charge in [0.1, 0.15) is 5.75 Å². The van der Waals surface area contributed by atoms with Crippen molar-refractivity contribution >= 4 is 22.4 Å². The molecule has 1 heterocycles. The predicted molar refractivity (Wildman–Crippen MR) is 81.1 cm³/mol. The van der Waals surface area contributed by atoms with Crippen molar-refractivity contribution in [2.45, 2.75) is 24.3 Å². The number of nitrogens with zero attached hydrogens (tertiary/aromatic N) is 1. The van der Waals surface area contributed by atoms with Crippen LogP contribution in [0.25, 0.3) is 0 Å². The van der Waals surface area contributed by atoms with Gasteiger partial charge >= 0.3 is 0 Å². The second-order valence-electron chi connectivity index (χ2n) is 4.57. The fourth-order valence-electron chi connectivity index (χ4n) is 2.19. The van der Waals surface area contributed by atoms with Gasteiger partial charge in [-0.3, -0.25) is 0 Å². The second kappa shape index (κ2) is 7.26. The molecule has 1 aliphatic rings. The Morgan fingerprint density at radius 3 is 2.50 bits per heavy atom. The highest BCUT2D eigenvalue weighted by Crippen LogP contribution is 2.21. The summed E-state index contributed by atoms with van der Waals surface area (Å²) in [7, 11) is -1.77. The molecule has 5 nitrogen and oxygen atoms in total. The molecule has 1 saturated heterocycles. The number of likely N-dealkylation sites (N-methyl/N-ethyl adjacent to an activating group) is 1. The molecule has 7 heteroatoms. The summed E-state index contributed by atoms with van der Waals surface area (Å²) in [5, 5.41) is 3.18. The first-order valence-corrected chi connectivity index (χ1v) is 7.91. The zero-order valence-electron chi connectivity index (χ0n) is 11.7. The molecule has 0 aliphatic carbocycles. The normalized spacial score (nSPS) is 18.9. The molecule has 1 aromatic rings. The first-order chi connectivity index (χ1) is 9.05. The molecule has 20 heavy (non-hydrogen) atoms. The summed E-state index contributed by atoms with van der Waals surface area (Å²) in [6.07, 6.45) is 0.854. The summed E-state index contributed by atoms with van der Waals surface area (Å²) < 4.78 is 31.7. The summed E-state index contributed by atoms with van der Waals surface area (Å²) in [6.45, 7) is 4.05. The molecule has 1 aromatic carbocycles. The van der Waals surface area contributed by atoms with Crippen molar-refractivity contribution < 1.29 is 13.2 Å². The lowest BCUT2D eigenvalue weighted by Gasteiger charge is -2.23. The SMILES string of the molecule is CCOc1ccc(S(=O)(=O)N(C)C2CCNC2)cc1.Cl. The molecule has 1 N–H and O–H groups in total. The number of ether oxygens (including phenoxy) is 1. The molecule has 0 saturated carbocycles. The summed E-state index contributed by atoms with van der Waals surface area (Å²) in [4.78, 5) is 0.311. The molecule has 1 fully saturated rings.